The molecule has 0 spiro atoms. The van der Waals surface area contributed by atoms with E-state index in [2.05, 4.69) is 9.68 Å². The fraction of sp³-hybridized carbons (Fsp3) is 0.300. The molecule has 182 valence electrons. The molecule has 2 aromatic heterocycles. The quantitative estimate of drug-likeness (QED) is 0.316. The molecule has 0 saturated carbocycles. The van der Waals surface area contributed by atoms with Crippen molar-refractivity contribution in [3.8, 4) is 11.3 Å². The molecule has 0 radical (unpaired) electrons. The smallest absolute Gasteiger partial charge is 0.285 e. The van der Waals surface area contributed by atoms with E-state index in [4.69, 9.17) is 19.9 Å². The minimum Gasteiger partial charge on any atom is -0.756 e. The standard InChI is InChI=1S/C20H23N4O8PS/c21-20-18(2-1-7-23(20)14-31-33(25,26)27)19-13-16(22-32-19)12-15-3-5-17(6-4-15)34(28,29)24-8-10-30-11-9-24/h1-7,13,21H,8-12,14H2,(H2,25,26,27). The second-order valence-corrected chi connectivity index (χ2v) is 10.7. The summed E-state index contributed by atoms with van der Waals surface area (Å²) in [5.74, 6) is 0.499. The van der Waals surface area contributed by atoms with Crippen LogP contribution in [0.4, 0.5) is 5.82 Å². The number of hydrogen-bond acceptors (Lipinski definition) is 9. The van der Waals surface area contributed by atoms with E-state index >= 15 is 0 Å². The lowest BCUT2D eigenvalue weighted by Crippen LogP contribution is -2.40. The first-order chi connectivity index (χ1) is 16.1. The van der Waals surface area contributed by atoms with E-state index in [0.29, 0.717) is 49.7 Å². The molecule has 4 rings (SSSR count). The number of sulfonamides is 1. The average Bonchev–Trinajstić information content (AvgIpc) is 3.27. The molecule has 0 aliphatic carbocycles. The van der Waals surface area contributed by atoms with E-state index in [9.17, 15) is 17.9 Å². The summed E-state index contributed by atoms with van der Waals surface area (Å²) in [6.45, 7) is 0.919. The largest absolute Gasteiger partial charge is 0.756 e. The molecule has 1 atom stereocenters. The number of nitrogens with two attached hydrogens (primary N) is 1. The van der Waals surface area contributed by atoms with Crippen molar-refractivity contribution >= 4 is 23.7 Å². The topological polar surface area (TPSA) is 172 Å². The van der Waals surface area contributed by atoms with Crippen molar-refractivity contribution < 1.29 is 41.1 Å². The minimum atomic E-state index is -4.90. The molecule has 3 aromatic rings. The van der Waals surface area contributed by atoms with Crippen LogP contribution >= 0.6 is 7.82 Å². The van der Waals surface area contributed by atoms with Crippen LogP contribution < -0.4 is 15.2 Å². The van der Waals surface area contributed by atoms with Crippen LogP contribution in [0.15, 0.2) is 58.1 Å². The summed E-state index contributed by atoms with van der Waals surface area (Å²) in [6.07, 6.45) is 1.87. The normalized spacial score (nSPS) is 16.9. The Balaban J connectivity index is 1.47. The molecule has 0 amide bonds. The Morgan fingerprint density at radius 1 is 1.24 bits per heavy atom. The maximum atomic E-state index is 12.8. The monoisotopic (exact) mass is 510 g/mol. The zero-order valence-electron chi connectivity index (χ0n) is 17.9. The van der Waals surface area contributed by atoms with Crippen LogP contribution in [-0.2, 0) is 37.0 Å². The Hall–Kier alpha value is -2.64. The lowest BCUT2D eigenvalue weighted by Gasteiger charge is -2.26. The van der Waals surface area contributed by atoms with E-state index in [1.54, 1.807) is 42.5 Å². The average molecular weight is 510 g/mol. The molecule has 0 bridgehead atoms. The second-order valence-electron chi connectivity index (χ2n) is 7.52. The molecular weight excluding hydrogens is 487 g/mol. The number of anilines is 1. The molecule has 12 nitrogen and oxygen atoms in total. The number of benzene rings is 1. The fourth-order valence-corrected chi connectivity index (χ4v) is 5.14. The Labute approximate surface area is 195 Å². The number of phosphoric acid groups is 1. The predicted octanol–water partition coefficient (Wildman–Crippen LogP) is 0.258. The van der Waals surface area contributed by atoms with Crippen molar-refractivity contribution in [2.24, 2.45) is 0 Å². The number of ether oxygens (including phenoxy) is 1. The summed E-state index contributed by atoms with van der Waals surface area (Å²) >= 11 is 0. The highest BCUT2D eigenvalue weighted by atomic mass is 32.2. The summed E-state index contributed by atoms with van der Waals surface area (Å²) in [5.41, 5.74) is 7.95. The number of rotatable bonds is 8. The van der Waals surface area contributed by atoms with E-state index in [1.165, 1.54) is 15.1 Å². The predicted molar refractivity (Wildman–Crippen MR) is 116 cm³/mol. The van der Waals surface area contributed by atoms with Gasteiger partial charge in [-0.3, -0.25) is 14.8 Å². The lowest BCUT2D eigenvalue weighted by atomic mass is 10.1. The number of aromatic nitrogens is 2. The van der Waals surface area contributed by atoms with Gasteiger partial charge in [0.05, 0.1) is 30.0 Å². The first-order valence-corrected chi connectivity index (χ1v) is 13.2. The highest BCUT2D eigenvalue weighted by Gasteiger charge is 2.26. The summed E-state index contributed by atoms with van der Waals surface area (Å²) in [4.78, 5) is 19.8. The van der Waals surface area contributed by atoms with Gasteiger partial charge in [-0.2, -0.15) is 4.31 Å². The second kappa shape index (κ2) is 9.92. The highest BCUT2D eigenvalue weighted by Crippen LogP contribution is 2.30. The third-order valence-corrected chi connectivity index (χ3v) is 7.57. The van der Waals surface area contributed by atoms with Gasteiger partial charge in [-0.1, -0.05) is 17.3 Å². The minimum absolute atomic E-state index is 0.149. The van der Waals surface area contributed by atoms with Crippen molar-refractivity contribution in [2.75, 3.05) is 32.0 Å². The van der Waals surface area contributed by atoms with Gasteiger partial charge in [0.25, 0.3) is 13.6 Å². The van der Waals surface area contributed by atoms with Crippen molar-refractivity contribution in [1.29, 1.82) is 0 Å². The van der Waals surface area contributed by atoms with E-state index < -0.39 is 24.6 Å². The molecule has 34 heavy (non-hydrogen) atoms. The summed E-state index contributed by atoms with van der Waals surface area (Å²) in [5, 5.41) is 4.04. The molecule has 1 unspecified atom stereocenters. The van der Waals surface area contributed by atoms with Gasteiger partial charge in [0, 0.05) is 25.6 Å². The van der Waals surface area contributed by atoms with Crippen LogP contribution in [-0.4, -0.2) is 49.1 Å². The number of nitrogen functional groups attached to an aromatic ring is 1. The number of phosphoric ester groups is 1. The third kappa shape index (κ3) is 5.70. The third-order valence-electron chi connectivity index (χ3n) is 5.22. The molecule has 1 saturated heterocycles. The molecule has 1 fully saturated rings. The first kappa shape index (κ1) is 24.5. The van der Waals surface area contributed by atoms with Gasteiger partial charge in [0.1, 0.15) is 5.56 Å². The lowest BCUT2D eigenvalue weighted by molar-refractivity contribution is -0.712. The van der Waals surface area contributed by atoms with Gasteiger partial charge < -0.3 is 19.0 Å². The molecule has 1 aromatic carbocycles. The van der Waals surface area contributed by atoms with E-state index in [1.807, 2.05) is 0 Å². The van der Waals surface area contributed by atoms with Crippen LogP contribution in [0, 0.1) is 0 Å². The van der Waals surface area contributed by atoms with Crippen molar-refractivity contribution in [3.05, 3.63) is 59.9 Å². The van der Waals surface area contributed by atoms with Crippen molar-refractivity contribution in [1.82, 2.24) is 9.46 Å². The molecule has 14 heteroatoms. The number of nitrogens with zero attached hydrogens (tertiary/aromatic N) is 3. The van der Waals surface area contributed by atoms with Gasteiger partial charge in [0.15, 0.2) is 12.5 Å². The molecule has 1 aliphatic heterocycles. The maximum Gasteiger partial charge on any atom is 0.285 e. The van der Waals surface area contributed by atoms with Crippen LogP contribution in [0.25, 0.3) is 11.3 Å². The van der Waals surface area contributed by atoms with Crippen molar-refractivity contribution in [3.63, 3.8) is 0 Å². The van der Waals surface area contributed by atoms with Crippen LogP contribution in [0.1, 0.15) is 11.3 Å². The van der Waals surface area contributed by atoms with Gasteiger partial charge in [-0.15, -0.1) is 0 Å². The van der Waals surface area contributed by atoms with Crippen LogP contribution in [0.2, 0.25) is 0 Å². The highest BCUT2D eigenvalue weighted by molar-refractivity contribution is 7.89. The summed E-state index contributed by atoms with van der Waals surface area (Å²) in [6, 6.07) is 11.5. The Morgan fingerprint density at radius 2 is 1.94 bits per heavy atom. The zero-order chi connectivity index (χ0) is 24.3. The zero-order valence-corrected chi connectivity index (χ0v) is 19.7. The number of hydrogen-bond donors (Lipinski definition) is 2. The molecule has 3 heterocycles. The van der Waals surface area contributed by atoms with E-state index in [-0.39, 0.29) is 10.7 Å². The Morgan fingerprint density at radius 3 is 2.62 bits per heavy atom. The van der Waals surface area contributed by atoms with Crippen LogP contribution in [0.5, 0.6) is 0 Å². The Kier molecular flexibility index (Phi) is 7.14. The van der Waals surface area contributed by atoms with Gasteiger partial charge in [-0.25, -0.2) is 13.0 Å². The molecular formula is C20H23N4O8PS. The van der Waals surface area contributed by atoms with Gasteiger partial charge in [-0.05, 0) is 29.8 Å². The summed E-state index contributed by atoms with van der Waals surface area (Å²) < 4.78 is 54.0. The fourth-order valence-electron chi connectivity index (χ4n) is 3.47. The Bertz CT molecular complexity index is 1300. The van der Waals surface area contributed by atoms with Crippen molar-refractivity contribution in [2.45, 2.75) is 18.0 Å². The SMILES string of the molecule is Nc1c(-c2cc(Cc3ccc(S(=O)(=O)N4CCOCC4)cc3)no2)ccc[n+]1COP(=O)([O-])O. The summed E-state index contributed by atoms with van der Waals surface area (Å²) in [7, 11) is -8.47. The molecule has 3 N–H and O–H groups in total. The number of morpholine rings is 1. The van der Waals surface area contributed by atoms with Crippen LogP contribution in [0.3, 0.4) is 0 Å². The molecule has 1 aliphatic rings. The van der Waals surface area contributed by atoms with E-state index in [0.717, 1.165) is 5.56 Å². The van der Waals surface area contributed by atoms with Gasteiger partial charge >= 0.3 is 0 Å². The van der Waals surface area contributed by atoms with Gasteiger partial charge in [0.2, 0.25) is 10.0 Å². The number of pyridine rings is 1. The maximum absolute atomic E-state index is 12.8. The first-order valence-electron chi connectivity index (χ1n) is 10.2.